The Morgan fingerprint density at radius 2 is 2.44 bits per heavy atom. The van der Waals surface area contributed by atoms with E-state index in [9.17, 15) is 4.79 Å². The Balaban J connectivity index is 1.89. The molecule has 0 saturated carbocycles. The van der Waals surface area contributed by atoms with E-state index in [2.05, 4.69) is 5.32 Å². The lowest BCUT2D eigenvalue weighted by atomic mass is 10.2. The van der Waals surface area contributed by atoms with Crippen LogP contribution >= 0.6 is 11.8 Å². The summed E-state index contributed by atoms with van der Waals surface area (Å²) in [5, 5.41) is 3.43. The van der Waals surface area contributed by atoms with E-state index < -0.39 is 0 Å². The van der Waals surface area contributed by atoms with Crippen molar-refractivity contribution >= 4 is 17.7 Å². The third-order valence-electron chi connectivity index (χ3n) is 2.36. The average molecular weight is 247 g/mol. The molecule has 0 aromatic rings. The SMILES string of the molecule is CCOC(=O)COCCNC1CCCSC1. The molecule has 0 amide bonds. The minimum Gasteiger partial charge on any atom is -0.464 e. The van der Waals surface area contributed by atoms with Gasteiger partial charge < -0.3 is 14.8 Å². The van der Waals surface area contributed by atoms with E-state index in [1.54, 1.807) is 6.92 Å². The first-order valence-electron chi connectivity index (χ1n) is 5.87. The molecule has 0 spiro atoms. The first-order valence-corrected chi connectivity index (χ1v) is 7.03. The van der Waals surface area contributed by atoms with Crippen LogP contribution in [0.15, 0.2) is 0 Å². The molecule has 5 heteroatoms. The predicted octanol–water partition coefficient (Wildman–Crippen LogP) is 1.05. The van der Waals surface area contributed by atoms with Crippen molar-refractivity contribution in [2.45, 2.75) is 25.8 Å². The highest BCUT2D eigenvalue weighted by Crippen LogP contribution is 2.16. The Morgan fingerprint density at radius 3 is 3.12 bits per heavy atom. The summed E-state index contributed by atoms with van der Waals surface area (Å²) >= 11 is 2.00. The molecular weight excluding hydrogens is 226 g/mol. The quantitative estimate of drug-likeness (QED) is 0.538. The van der Waals surface area contributed by atoms with Gasteiger partial charge in [0.05, 0.1) is 13.2 Å². The van der Waals surface area contributed by atoms with Crippen molar-refractivity contribution in [1.82, 2.24) is 5.32 Å². The van der Waals surface area contributed by atoms with Crippen molar-refractivity contribution in [3.8, 4) is 0 Å². The van der Waals surface area contributed by atoms with Crippen LogP contribution < -0.4 is 5.32 Å². The van der Waals surface area contributed by atoms with Crippen molar-refractivity contribution in [2.24, 2.45) is 0 Å². The summed E-state index contributed by atoms with van der Waals surface area (Å²) in [5.74, 6) is 2.20. The average Bonchev–Trinajstić information content (AvgIpc) is 2.30. The van der Waals surface area contributed by atoms with Crippen molar-refractivity contribution in [3.05, 3.63) is 0 Å². The summed E-state index contributed by atoms with van der Waals surface area (Å²) in [7, 11) is 0. The zero-order valence-electron chi connectivity index (χ0n) is 9.87. The molecule has 94 valence electrons. The van der Waals surface area contributed by atoms with Crippen LogP contribution in [0.5, 0.6) is 0 Å². The molecule has 16 heavy (non-hydrogen) atoms. The number of esters is 1. The number of hydrogen-bond acceptors (Lipinski definition) is 5. The third kappa shape index (κ3) is 6.35. The Morgan fingerprint density at radius 1 is 1.56 bits per heavy atom. The molecule has 0 aromatic heterocycles. The maximum Gasteiger partial charge on any atom is 0.332 e. The number of ether oxygens (including phenoxy) is 2. The minimum absolute atomic E-state index is 0.0644. The molecule has 1 unspecified atom stereocenters. The number of nitrogens with one attached hydrogen (secondary N) is 1. The Hall–Kier alpha value is -0.260. The molecule has 1 fully saturated rings. The maximum absolute atomic E-state index is 10.9. The van der Waals surface area contributed by atoms with Crippen molar-refractivity contribution in [1.29, 1.82) is 0 Å². The minimum atomic E-state index is -0.282. The van der Waals surface area contributed by atoms with E-state index in [1.165, 1.54) is 24.3 Å². The molecule has 0 radical (unpaired) electrons. The standard InChI is InChI=1S/C11H21NO3S/c1-2-15-11(13)8-14-6-5-12-10-4-3-7-16-9-10/h10,12H,2-9H2,1H3. The molecule has 0 aromatic carbocycles. The Bertz CT molecular complexity index is 196. The summed E-state index contributed by atoms with van der Waals surface area (Å²) < 4.78 is 9.95. The van der Waals surface area contributed by atoms with Gasteiger partial charge in [0.25, 0.3) is 0 Å². The molecule has 1 N–H and O–H groups in total. The first-order chi connectivity index (χ1) is 7.83. The van der Waals surface area contributed by atoms with Gasteiger partial charge in [-0.1, -0.05) is 0 Å². The summed E-state index contributed by atoms with van der Waals surface area (Å²) in [4.78, 5) is 10.9. The van der Waals surface area contributed by atoms with Crippen LogP contribution in [0.1, 0.15) is 19.8 Å². The topological polar surface area (TPSA) is 47.6 Å². The van der Waals surface area contributed by atoms with Crippen molar-refractivity contribution in [2.75, 3.05) is 37.9 Å². The number of thioether (sulfide) groups is 1. The van der Waals surface area contributed by atoms with Gasteiger partial charge in [0.15, 0.2) is 0 Å². The number of carbonyl (C=O) groups excluding carboxylic acids is 1. The maximum atomic E-state index is 10.9. The van der Waals surface area contributed by atoms with Crippen LogP contribution in [0.4, 0.5) is 0 Å². The lowest BCUT2D eigenvalue weighted by Crippen LogP contribution is -2.36. The van der Waals surface area contributed by atoms with Gasteiger partial charge in [-0.15, -0.1) is 0 Å². The normalized spacial score (nSPS) is 20.7. The Kier molecular flexibility index (Phi) is 7.63. The number of hydrogen-bond donors (Lipinski definition) is 1. The summed E-state index contributed by atoms with van der Waals surface area (Å²) in [6, 6.07) is 0.616. The first kappa shape index (κ1) is 13.8. The second-order valence-corrected chi connectivity index (χ2v) is 4.88. The molecular formula is C11H21NO3S. The highest BCUT2D eigenvalue weighted by molar-refractivity contribution is 7.99. The van der Waals surface area contributed by atoms with Crippen LogP contribution in [-0.2, 0) is 14.3 Å². The second kappa shape index (κ2) is 8.84. The van der Waals surface area contributed by atoms with Gasteiger partial charge >= 0.3 is 5.97 Å². The van der Waals surface area contributed by atoms with Gasteiger partial charge in [-0.05, 0) is 25.5 Å². The van der Waals surface area contributed by atoms with E-state index in [-0.39, 0.29) is 12.6 Å². The van der Waals surface area contributed by atoms with Crippen molar-refractivity contribution in [3.63, 3.8) is 0 Å². The van der Waals surface area contributed by atoms with Gasteiger partial charge in [-0.3, -0.25) is 0 Å². The number of carbonyl (C=O) groups is 1. The van der Waals surface area contributed by atoms with Crippen LogP contribution in [0, 0.1) is 0 Å². The van der Waals surface area contributed by atoms with Crippen molar-refractivity contribution < 1.29 is 14.3 Å². The highest BCUT2D eigenvalue weighted by Gasteiger charge is 2.12. The van der Waals surface area contributed by atoms with E-state index >= 15 is 0 Å². The predicted molar refractivity (Wildman–Crippen MR) is 65.8 cm³/mol. The van der Waals surface area contributed by atoms with Crippen LogP contribution in [0.3, 0.4) is 0 Å². The molecule has 1 saturated heterocycles. The molecule has 4 nitrogen and oxygen atoms in total. The van der Waals surface area contributed by atoms with E-state index in [1.807, 2.05) is 11.8 Å². The molecule has 0 bridgehead atoms. The lowest BCUT2D eigenvalue weighted by Gasteiger charge is -2.22. The van der Waals surface area contributed by atoms with Crippen LogP contribution in [-0.4, -0.2) is 49.9 Å². The molecule has 1 atom stereocenters. The fraction of sp³-hybridized carbons (Fsp3) is 0.909. The third-order valence-corrected chi connectivity index (χ3v) is 3.58. The smallest absolute Gasteiger partial charge is 0.332 e. The molecule has 1 heterocycles. The molecule has 1 rings (SSSR count). The van der Waals surface area contributed by atoms with E-state index in [4.69, 9.17) is 9.47 Å². The lowest BCUT2D eigenvalue weighted by molar-refractivity contribution is -0.148. The van der Waals surface area contributed by atoms with Gasteiger partial charge in [0, 0.05) is 18.3 Å². The van der Waals surface area contributed by atoms with Crippen LogP contribution in [0.2, 0.25) is 0 Å². The monoisotopic (exact) mass is 247 g/mol. The van der Waals surface area contributed by atoms with Gasteiger partial charge in [0.2, 0.25) is 0 Å². The van der Waals surface area contributed by atoms with Gasteiger partial charge in [0.1, 0.15) is 6.61 Å². The zero-order chi connectivity index (χ0) is 11.6. The van der Waals surface area contributed by atoms with Gasteiger partial charge in [-0.25, -0.2) is 4.79 Å². The largest absolute Gasteiger partial charge is 0.464 e. The summed E-state index contributed by atoms with van der Waals surface area (Å²) in [6.45, 7) is 3.65. The molecule has 1 aliphatic rings. The second-order valence-electron chi connectivity index (χ2n) is 3.73. The summed E-state index contributed by atoms with van der Waals surface area (Å²) in [6.07, 6.45) is 2.55. The van der Waals surface area contributed by atoms with E-state index in [0.29, 0.717) is 19.3 Å². The number of rotatable bonds is 7. The fourth-order valence-corrected chi connectivity index (χ4v) is 2.70. The molecule has 0 aliphatic carbocycles. The zero-order valence-corrected chi connectivity index (χ0v) is 10.7. The summed E-state index contributed by atoms with van der Waals surface area (Å²) in [5.41, 5.74) is 0. The van der Waals surface area contributed by atoms with Gasteiger partial charge in [-0.2, -0.15) is 11.8 Å². The highest BCUT2D eigenvalue weighted by atomic mass is 32.2. The Labute approximate surface area is 101 Å². The van der Waals surface area contributed by atoms with E-state index in [0.717, 1.165) is 6.54 Å². The molecule has 1 aliphatic heterocycles. The fourth-order valence-electron chi connectivity index (χ4n) is 1.60. The van der Waals surface area contributed by atoms with Crippen LogP contribution in [0.25, 0.3) is 0 Å².